The Labute approximate surface area is 97.5 Å². The minimum Gasteiger partial charge on any atom is -0.0815 e. The van der Waals surface area contributed by atoms with Crippen LogP contribution in [-0.2, 0) is 0 Å². The van der Waals surface area contributed by atoms with E-state index in [2.05, 4.69) is 59.0 Å². The molecule has 0 aliphatic rings. The summed E-state index contributed by atoms with van der Waals surface area (Å²) in [6.07, 6.45) is 5.14. The number of hydrogen-bond donors (Lipinski definition) is 0. The first kappa shape index (κ1) is 12.2. The van der Waals surface area contributed by atoms with E-state index in [1.54, 1.807) is 9.15 Å². The molecule has 11 heavy (non-hydrogen) atoms. The molecule has 0 aliphatic carbocycles. The second-order valence-corrected chi connectivity index (χ2v) is 4.71. The molecular formula is C9H16I2. The van der Waals surface area contributed by atoms with Gasteiger partial charge >= 0.3 is 0 Å². The summed E-state index contributed by atoms with van der Waals surface area (Å²) in [6, 6.07) is 0. The highest BCUT2D eigenvalue weighted by atomic mass is 127. The van der Waals surface area contributed by atoms with Crippen molar-refractivity contribution in [2.45, 2.75) is 39.5 Å². The van der Waals surface area contributed by atoms with Crippen molar-refractivity contribution >= 4 is 45.2 Å². The highest BCUT2D eigenvalue weighted by Crippen LogP contribution is 2.23. The van der Waals surface area contributed by atoms with Crippen LogP contribution >= 0.6 is 45.2 Å². The first-order valence-corrected chi connectivity index (χ1v) is 6.79. The van der Waals surface area contributed by atoms with Crippen molar-refractivity contribution in [2.75, 3.05) is 4.43 Å². The Bertz CT molecular complexity index is 128. The molecule has 0 amide bonds. The zero-order valence-electron chi connectivity index (χ0n) is 7.29. The summed E-state index contributed by atoms with van der Waals surface area (Å²) in [7, 11) is 0. The van der Waals surface area contributed by atoms with Crippen molar-refractivity contribution < 1.29 is 0 Å². The van der Waals surface area contributed by atoms with Gasteiger partial charge < -0.3 is 0 Å². The lowest BCUT2D eigenvalue weighted by Crippen LogP contribution is -1.87. The zero-order valence-corrected chi connectivity index (χ0v) is 11.6. The van der Waals surface area contributed by atoms with E-state index in [1.807, 2.05) is 0 Å². The van der Waals surface area contributed by atoms with E-state index in [0.717, 1.165) is 0 Å². The smallest absolute Gasteiger partial charge is 0.0216 e. The van der Waals surface area contributed by atoms with Gasteiger partial charge in [0.05, 0.1) is 0 Å². The lowest BCUT2D eigenvalue weighted by atomic mass is 10.1. The molecular weight excluding hydrogens is 362 g/mol. The van der Waals surface area contributed by atoms with Crippen LogP contribution in [0, 0.1) is 0 Å². The van der Waals surface area contributed by atoms with Gasteiger partial charge in [-0.3, -0.25) is 0 Å². The maximum absolute atomic E-state index is 2.50. The SMILES string of the molecule is CCC/C(I)=C(/CI)CCC. The van der Waals surface area contributed by atoms with Crippen LogP contribution < -0.4 is 0 Å². The molecule has 2 heteroatoms. The number of alkyl halides is 1. The van der Waals surface area contributed by atoms with Gasteiger partial charge in [-0.05, 0) is 39.0 Å². The van der Waals surface area contributed by atoms with Crippen molar-refractivity contribution in [1.82, 2.24) is 0 Å². The third kappa shape index (κ3) is 5.44. The molecule has 0 saturated carbocycles. The number of halogens is 2. The van der Waals surface area contributed by atoms with Gasteiger partial charge in [0.1, 0.15) is 0 Å². The molecule has 0 radical (unpaired) electrons. The topological polar surface area (TPSA) is 0 Å². The minimum absolute atomic E-state index is 1.21. The molecule has 66 valence electrons. The summed E-state index contributed by atoms with van der Waals surface area (Å²) in [6.45, 7) is 4.50. The van der Waals surface area contributed by atoms with Crippen molar-refractivity contribution in [3.05, 3.63) is 9.15 Å². The van der Waals surface area contributed by atoms with Gasteiger partial charge in [-0.15, -0.1) is 0 Å². The Kier molecular flexibility index (Phi) is 8.68. The van der Waals surface area contributed by atoms with Crippen molar-refractivity contribution in [1.29, 1.82) is 0 Å². The second kappa shape index (κ2) is 7.83. The van der Waals surface area contributed by atoms with Crippen LogP contribution in [0.4, 0.5) is 0 Å². The van der Waals surface area contributed by atoms with Crippen LogP contribution in [0.2, 0.25) is 0 Å². The van der Waals surface area contributed by atoms with Crippen LogP contribution in [0.25, 0.3) is 0 Å². The molecule has 0 aromatic carbocycles. The molecule has 0 nitrogen and oxygen atoms in total. The predicted molar refractivity (Wildman–Crippen MR) is 69.7 cm³/mol. The van der Waals surface area contributed by atoms with Crippen molar-refractivity contribution in [3.8, 4) is 0 Å². The third-order valence-corrected chi connectivity index (χ3v) is 3.79. The summed E-state index contributed by atoms with van der Waals surface area (Å²) in [5, 5.41) is 0. The fourth-order valence-corrected chi connectivity index (χ4v) is 3.54. The van der Waals surface area contributed by atoms with Gasteiger partial charge in [0.25, 0.3) is 0 Å². The Morgan fingerprint density at radius 1 is 1.09 bits per heavy atom. The van der Waals surface area contributed by atoms with E-state index >= 15 is 0 Å². The summed E-state index contributed by atoms with van der Waals surface area (Å²) in [4.78, 5) is 0. The van der Waals surface area contributed by atoms with E-state index in [0.29, 0.717) is 0 Å². The molecule has 0 N–H and O–H groups in total. The Morgan fingerprint density at radius 2 is 1.64 bits per heavy atom. The fourth-order valence-electron chi connectivity index (χ4n) is 0.973. The molecule has 0 fully saturated rings. The van der Waals surface area contributed by atoms with Crippen LogP contribution in [0.5, 0.6) is 0 Å². The van der Waals surface area contributed by atoms with Crippen LogP contribution in [-0.4, -0.2) is 4.43 Å². The van der Waals surface area contributed by atoms with Gasteiger partial charge in [0.15, 0.2) is 0 Å². The summed E-state index contributed by atoms with van der Waals surface area (Å²) < 4.78 is 2.81. The number of hydrogen-bond acceptors (Lipinski definition) is 0. The van der Waals surface area contributed by atoms with E-state index in [1.165, 1.54) is 30.1 Å². The molecule has 0 rings (SSSR count). The maximum Gasteiger partial charge on any atom is 0.0216 e. The maximum atomic E-state index is 2.50. The highest BCUT2D eigenvalue weighted by Gasteiger charge is 2.00. The molecule has 0 heterocycles. The molecule has 0 atom stereocenters. The van der Waals surface area contributed by atoms with Gasteiger partial charge in [-0.2, -0.15) is 0 Å². The molecule has 0 bridgehead atoms. The fraction of sp³-hybridized carbons (Fsp3) is 0.778. The van der Waals surface area contributed by atoms with Crippen LogP contribution in [0.3, 0.4) is 0 Å². The molecule has 0 aromatic rings. The average Bonchev–Trinajstić information content (AvgIpc) is 2.00. The number of rotatable bonds is 5. The average molecular weight is 378 g/mol. The molecule has 0 spiro atoms. The van der Waals surface area contributed by atoms with E-state index in [9.17, 15) is 0 Å². The van der Waals surface area contributed by atoms with Crippen LogP contribution in [0.1, 0.15) is 39.5 Å². The first-order valence-electron chi connectivity index (χ1n) is 4.18. The molecule has 0 aromatic heterocycles. The van der Waals surface area contributed by atoms with Gasteiger partial charge in [-0.25, -0.2) is 0 Å². The van der Waals surface area contributed by atoms with E-state index in [4.69, 9.17) is 0 Å². The normalized spacial score (nSPS) is 13.1. The largest absolute Gasteiger partial charge is 0.0815 e. The Balaban J connectivity index is 4.02. The van der Waals surface area contributed by atoms with E-state index < -0.39 is 0 Å². The Hall–Kier alpha value is 1.20. The number of allylic oxidation sites excluding steroid dienone is 2. The minimum atomic E-state index is 1.21. The standard InChI is InChI=1S/C9H16I2/c1-3-5-8(7-10)9(11)6-4-2/h3-7H2,1-2H3/b9-8-. The van der Waals surface area contributed by atoms with Gasteiger partial charge in [0, 0.05) is 4.43 Å². The van der Waals surface area contributed by atoms with Gasteiger partial charge in [0.2, 0.25) is 0 Å². The molecule has 0 aliphatic heterocycles. The zero-order chi connectivity index (χ0) is 8.69. The highest BCUT2D eigenvalue weighted by molar-refractivity contribution is 14.1. The molecule has 0 saturated heterocycles. The summed E-state index contributed by atoms with van der Waals surface area (Å²) in [5.74, 6) is 0. The summed E-state index contributed by atoms with van der Waals surface area (Å²) >= 11 is 4.97. The first-order chi connectivity index (χ1) is 5.26. The lowest BCUT2D eigenvalue weighted by Gasteiger charge is -2.05. The van der Waals surface area contributed by atoms with E-state index in [-0.39, 0.29) is 0 Å². The molecule has 0 unspecified atom stereocenters. The quantitative estimate of drug-likeness (QED) is 0.480. The third-order valence-electron chi connectivity index (χ3n) is 1.57. The second-order valence-electron chi connectivity index (χ2n) is 2.64. The lowest BCUT2D eigenvalue weighted by molar-refractivity contribution is 0.878. The Morgan fingerprint density at radius 3 is 2.00 bits per heavy atom. The monoisotopic (exact) mass is 378 g/mol. The predicted octanol–water partition coefficient (Wildman–Crippen LogP) is 4.71. The van der Waals surface area contributed by atoms with Crippen LogP contribution in [0.15, 0.2) is 9.15 Å². The summed E-state index contributed by atoms with van der Waals surface area (Å²) in [5.41, 5.74) is 1.66. The van der Waals surface area contributed by atoms with Crippen molar-refractivity contribution in [2.24, 2.45) is 0 Å². The van der Waals surface area contributed by atoms with Crippen molar-refractivity contribution in [3.63, 3.8) is 0 Å². The van der Waals surface area contributed by atoms with Gasteiger partial charge in [-0.1, -0.05) is 54.9 Å².